The van der Waals surface area contributed by atoms with E-state index < -0.39 is 6.04 Å². The number of benzene rings is 9. The maximum absolute atomic E-state index is 9.05. The summed E-state index contributed by atoms with van der Waals surface area (Å²) < 4.78 is 48.4. The van der Waals surface area contributed by atoms with Gasteiger partial charge in [-0.15, -0.1) is 22.7 Å². The van der Waals surface area contributed by atoms with Crippen LogP contribution in [0.25, 0.3) is 83.8 Å². The van der Waals surface area contributed by atoms with Gasteiger partial charge in [0.25, 0.3) is 0 Å². The average Bonchev–Trinajstić information content (AvgIpc) is 3.82. The number of para-hydroxylation sites is 1. The Balaban J connectivity index is 1.11. The van der Waals surface area contributed by atoms with Gasteiger partial charge in [0, 0.05) is 57.4 Å². The molecule has 9 aromatic carbocycles. The first kappa shape index (κ1) is 24.2. The molecule has 0 fully saturated rings. The Kier molecular flexibility index (Phi) is 5.34. The normalized spacial score (nSPS) is 13.3. The summed E-state index contributed by atoms with van der Waals surface area (Å²) in [5.41, 5.74) is 3.65. The number of thiophene rings is 2. The molecule has 2 heterocycles. The molecular weight excluding hydrogens is 655 g/mol. The summed E-state index contributed by atoms with van der Waals surface area (Å²) in [6.07, 6.45) is 0. The van der Waals surface area contributed by atoms with Crippen molar-refractivity contribution in [2.24, 2.45) is 0 Å². The minimum atomic E-state index is -0.415. The summed E-state index contributed by atoms with van der Waals surface area (Å²) in [5, 5.41) is 11.9. The van der Waals surface area contributed by atoms with Gasteiger partial charge in [0.1, 0.15) is 0 Å². The summed E-state index contributed by atoms with van der Waals surface area (Å²) in [6, 6.07) is 49.3. The Labute approximate surface area is 309 Å². The van der Waals surface area contributed by atoms with Crippen LogP contribution in [0, 0.1) is 0 Å². The van der Waals surface area contributed by atoms with E-state index in [1.807, 2.05) is 34.4 Å². The van der Waals surface area contributed by atoms with Crippen molar-refractivity contribution >= 4 is 112 Å². The molecule has 0 spiro atoms. The molecule has 51 heavy (non-hydrogen) atoms. The predicted octanol–water partition coefficient (Wildman–Crippen LogP) is 15.0. The van der Waals surface area contributed by atoms with E-state index in [1.165, 1.54) is 51.8 Å². The lowest BCUT2D eigenvalue weighted by molar-refractivity contribution is 1.29. The summed E-state index contributed by atoms with van der Waals surface area (Å²) in [5.74, 6) is 0. The number of fused-ring (bicyclic) bond motifs is 12. The quantitative estimate of drug-likeness (QED) is 0.178. The second-order valence-electron chi connectivity index (χ2n) is 12.9. The standard InChI is InChI=1S/C48H29NS2/c1-2-12-33(13-3-1)49(35-24-27-44-43(28-35)40-25-20-30-10-4-6-14-36(30)47(40)50-44)34-22-18-32(19-23-34)42-29-45-46(39-17-9-8-16-38(39)42)41-26-21-31-11-5-7-15-37(31)48(41)51-45/h1-29H/i1D,2D,3D,12D,13D. The van der Waals surface area contributed by atoms with Gasteiger partial charge in [-0.2, -0.15) is 0 Å². The van der Waals surface area contributed by atoms with Crippen LogP contribution in [0.15, 0.2) is 176 Å². The fraction of sp³-hybridized carbons (Fsp3) is 0. The molecule has 0 bridgehead atoms. The van der Waals surface area contributed by atoms with E-state index in [-0.39, 0.29) is 29.9 Å². The van der Waals surface area contributed by atoms with Crippen LogP contribution in [0.3, 0.4) is 0 Å². The van der Waals surface area contributed by atoms with Gasteiger partial charge >= 0.3 is 0 Å². The Morgan fingerprint density at radius 1 is 0.412 bits per heavy atom. The van der Waals surface area contributed by atoms with Gasteiger partial charge in [-0.25, -0.2) is 0 Å². The van der Waals surface area contributed by atoms with Gasteiger partial charge in [-0.1, -0.05) is 127 Å². The fourth-order valence-electron chi connectivity index (χ4n) is 7.79. The maximum Gasteiger partial charge on any atom is 0.0645 e. The van der Waals surface area contributed by atoms with Crippen LogP contribution in [0.5, 0.6) is 0 Å². The first-order chi connectivity index (χ1) is 27.4. The molecule has 0 saturated carbocycles. The lowest BCUT2D eigenvalue weighted by Crippen LogP contribution is -2.09. The molecule has 0 radical (unpaired) electrons. The molecule has 3 heteroatoms. The summed E-state index contributed by atoms with van der Waals surface area (Å²) in [7, 11) is 0. The van der Waals surface area contributed by atoms with Crippen LogP contribution in [0.1, 0.15) is 6.85 Å². The van der Waals surface area contributed by atoms with Gasteiger partial charge in [-0.3, -0.25) is 0 Å². The van der Waals surface area contributed by atoms with E-state index >= 15 is 0 Å². The average molecular weight is 689 g/mol. The van der Waals surface area contributed by atoms with Crippen LogP contribution in [-0.4, -0.2) is 0 Å². The van der Waals surface area contributed by atoms with E-state index in [9.17, 15) is 0 Å². The maximum atomic E-state index is 9.05. The van der Waals surface area contributed by atoms with Crippen molar-refractivity contribution in [3.8, 4) is 11.1 Å². The van der Waals surface area contributed by atoms with Crippen LogP contribution in [0.2, 0.25) is 0 Å². The lowest BCUT2D eigenvalue weighted by Gasteiger charge is -2.26. The third-order valence-corrected chi connectivity index (χ3v) is 12.5. The molecule has 0 N–H and O–H groups in total. The van der Waals surface area contributed by atoms with Crippen LogP contribution < -0.4 is 4.90 Å². The fourth-order valence-corrected chi connectivity index (χ4v) is 10.3. The van der Waals surface area contributed by atoms with E-state index in [0.29, 0.717) is 11.4 Å². The Hall–Kier alpha value is -6.00. The molecule has 2 aromatic heterocycles. The van der Waals surface area contributed by atoms with Crippen molar-refractivity contribution in [1.29, 1.82) is 0 Å². The molecule has 0 saturated heterocycles. The zero-order valence-electron chi connectivity index (χ0n) is 32.1. The summed E-state index contributed by atoms with van der Waals surface area (Å²) in [4.78, 5) is 1.81. The second kappa shape index (κ2) is 11.3. The van der Waals surface area contributed by atoms with Gasteiger partial charge in [-0.05, 0) is 91.9 Å². The van der Waals surface area contributed by atoms with Crippen molar-refractivity contribution < 1.29 is 6.85 Å². The van der Waals surface area contributed by atoms with Crippen LogP contribution in [0.4, 0.5) is 17.1 Å². The number of rotatable bonds is 4. The van der Waals surface area contributed by atoms with E-state index in [2.05, 4.69) is 127 Å². The zero-order chi connectivity index (χ0) is 37.8. The Morgan fingerprint density at radius 2 is 1.02 bits per heavy atom. The first-order valence-electron chi connectivity index (χ1n) is 19.4. The van der Waals surface area contributed by atoms with E-state index in [4.69, 9.17) is 6.85 Å². The highest BCUT2D eigenvalue weighted by Gasteiger charge is 2.18. The van der Waals surface area contributed by atoms with E-state index in [1.54, 1.807) is 11.3 Å². The Morgan fingerprint density at radius 3 is 1.76 bits per heavy atom. The van der Waals surface area contributed by atoms with Gasteiger partial charge in [0.2, 0.25) is 0 Å². The number of hydrogen-bond donors (Lipinski definition) is 0. The minimum Gasteiger partial charge on any atom is -0.310 e. The molecule has 11 aromatic rings. The second-order valence-corrected chi connectivity index (χ2v) is 15.0. The van der Waals surface area contributed by atoms with Gasteiger partial charge in [0.05, 0.1) is 6.85 Å². The molecule has 0 amide bonds. The first-order valence-corrected chi connectivity index (χ1v) is 18.6. The van der Waals surface area contributed by atoms with Crippen molar-refractivity contribution in [1.82, 2.24) is 0 Å². The van der Waals surface area contributed by atoms with Crippen molar-refractivity contribution in [3.63, 3.8) is 0 Å². The molecule has 11 rings (SSSR count). The SMILES string of the molecule is [2H]c1c([2H])c([2H])c(N(c2ccc(-c3cc4sc5c6ccccc6ccc5c4c4ccccc34)cc2)c2ccc3sc4c5ccccc5ccc4c3c2)c([2H])c1[2H]. The highest BCUT2D eigenvalue weighted by molar-refractivity contribution is 7.27. The van der Waals surface area contributed by atoms with E-state index in [0.717, 1.165) is 32.0 Å². The smallest absolute Gasteiger partial charge is 0.0645 e. The third-order valence-electron chi connectivity index (χ3n) is 10.1. The van der Waals surface area contributed by atoms with Gasteiger partial charge in [0.15, 0.2) is 0 Å². The molecule has 0 aliphatic rings. The highest BCUT2D eigenvalue weighted by atomic mass is 32.1. The lowest BCUT2D eigenvalue weighted by atomic mass is 9.94. The zero-order valence-corrected chi connectivity index (χ0v) is 28.8. The Bertz CT molecular complexity index is 3410. The van der Waals surface area contributed by atoms with Crippen LogP contribution in [-0.2, 0) is 0 Å². The van der Waals surface area contributed by atoms with Crippen LogP contribution >= 0.6 is 22.7 Å². The topological polar surface area (TPSA) is 3.24 Å². The third kappa shape index (κ3) is 4.45. The molecular formula is C48H29NS2. The number of anilines is 3. The molecule has 0 atom stereocenters. The highest BCUT2D eigenvalue weighted by Crippen LogP contribution is 2.46. The minimum absolute atomic E-state index is 0.109. The van der Waals surface area contributed by atoms with Crippen molar-refractivity contribution in [3.05, 3.63) is 176 Å². The van der Waals surface area contributed by atoms with Crippen molar-refractivity contribution in [2.45, 2.75) is 0 Å². The largest absolute Gasteiger partial charge is 0.310 e. The summed E-state index contributed by atoms with van der Waals surface area (Å²) >= 11 is 3.57. The molecule has 1 nitrogen and oxygen atoms in total. The predicted molar refractivity (Wildman–Crippen MR) is 225 cm³/mol. The van der Waals surface area contributed by atoms with Gasteiger partial charge < -0.3 is 4.90 Å². The summed E-state index contributed by atoms with van der Waals surface area (Å²) in [6.45, 7) is 0. The molecule has 0 aliphatic heterocycles. The molecule has 0 aliphatic carbocycles. The number of nitrogens with zero attached hydrogens (tertiary/aromatic N) is 1. The molecule has 0 unspecified atom stereocenters. The monoisotopic (exact) mass is 688 g/mol. The van der Waals surface area contributed by atoms with Crippen molar-refractivity contribution in [2.75, 3.05) is 4.90 Å². The molecule has 238 valence electrons. The number of hydrogen-bond acceptors (Lipinski definition) is 3.